The minimum Gasteiger partial charge on any atom is -0.393 e. The van der Waals surface area contributed by atoms with Crippen LogP contribution in [0.15, 0.2) is 0 Å². The molecule has 0 saturated heterocycles. The van der Waals surface area contributed by atoms with E-state index in [9.17, 15) is 15.3 Å². The van der Waals surface area contributed by atoms with Gasteiger partial charge in [0, 0.05) is 11.8 Å². The fourth-order valence-electron chi connectivity index (χ4n) is 9.48. The fourth-order valence-corrected chi connectivity index (χ4v) is 9.48. The zero-order chi connectivity index (χ0) is 24.6. The summed E-state index contributed by atoms with van der Waals surface area (Å²) in [4.78, 5) is 0. The van der Waals surface area contributed by atoms with Crippen LogP contribution < -0.4 is 0 Å². The number of aliphatic hydroxyl groups excluding tert-OH is 2. The molecule has 0 unspecified atom stereocenters. The molecule has 33 heavy (non-hydrogen) atoms. The molecule has 0 amide bonds. The Morgan fingerprint density at radius 3 is 2.27 bits per heavy atom. The van der Waals surface area contributed by atoms with Crippen molar-refractivity contribution in [3.63, 3.8) is 0 Å². The first-order valence-corrected chi connectivity index (χ1v) is 14.6. The lowest BCUT2D eigenvalue weighted by atomic mass is 9.42. The molecule has 0 spiro atoms. The van der Waals surface area contributed by atoms with Crippen molar-refractivity contribution in [2.24, 2.45) is 46.3 Å². The predicted molar refractivity (Wildman–Crippen MR) is 138 cm³/mol. The summed E-state index contributed by atoms with van der Waals surface area (Å²) in [6.07, 6.45) is 12.1. The Hall–Kier alpha value is -0.120. The number of hydrogen-bond donors (Lipinski definition) is 3. The Morgan fingerprint density at radius 2 is 1.64 bits per heavy atom. The first-order chi connectivity index (χ1) is 15.6. The van der Waals surface area contributed by atoms with E-state index in [0.717, 1.165) is 37.0 Å². The molecule has 10 atom stereocenters. The number of rotatable bonds is 6. The SMILES string of the molecule is CC.CC[C@H](CCC[C@H]1CC[C@H]2[C@@H]3C[C@H](O)[C@@]4(O)C[C@@H](O)CC[C@]4(C)[C@H]3CC[C@]12C)C(C)C. The smallest absolute Gasteiger partial charge is 0.0985 e. The van der Waals surface area contributed by atoms with E-state index in [4.69, 9.17) is 0 Å². The third kappa shape index (κ3) is 4.57. The van der Waals surface area contributed by atoms with Gasteiger partial charge >= 0.3 is 0 Å². The van der Waals surface area contributed by atoms with Gasteiger partial charge in [0.1, 0.15) is 0 Å². The van der Waals surface area contributed by atoms with Gasteiger partial charge in [-0.15, -0.1) is 0 Å². The highest BCUT2D eigenvalue weighted by Crippen LogP contribution is 2.68. The number of fused-ring (bicyclic) bond motifs is 5. The van der Waals surface area contributed by atoms with E-state index in [-0.39, 0.29) is 5.41 Å². The van der Waals surface area contributed by atoms with E-state index in [1.165, 1.54) is 51.4 Å². The van der Waals surface area contributed by atoms with Gasteiger partial charge < -0.3 is 15.3 Å². The van der Waals surface area contributed by atoms with Crippen molar-refractivity contribution in [2.75, 3.05) is 0 Å². The Bertz CT molecular complexity index is 634. The molecule has 0 bridgehead atoms. The normalized spacial score (nSPS) is 47.7. The zero-order valence-electron chi connectivity index (χ0n) is 22.9. The van der Waals surface area contributed by atoms with Crippen LogP contribution in [0, 0.1) is 46.3 Å². The van der Waals surface area contributed by atoms with E-state index < -0.39 is 17.8 Å². The van der Waals surface area contributed by atoms with E-state index in [1.54, 1.807) is 0 Å². The van der Waals surface area contributed by atoms with Crippen molar-refractivity contribution in [1.82, 2.24) is 0 Å². The maximum absolute atomic E-state index is 11.6. The van der Waals surface area contributed by atoms with Crippen molar-refractivity contribution in [2.45, 2.75) is 143 Å². The molecule has 3 nitrogen and oxygen atoms in total. The van der Waals surface area contributed by atoms with Crippen molar-refractivity contribution in [3.05, 3.63) is 0 Å². The Labute approximate surface area is 205 Å². The summed E-state index contributed by atoms with van der Waals surface area (Å²) in [7, 11) is 0. The molecular weight excluding hydrogens is 408 g/mol. The number of hydrogen-bond acceptors (Lipinski definition) is 3. The summed E-state index contributed by atoms with van der Waals surface area (Å²) < 4.78 is 0. The van der Waals surface area contributed by atoms with Gasteiger partial charge in [0.25, 0.3) is 0 Å². The summed E-state index contributed by atoms with van der Waals surface area (Å²) in [6, 6.07) is 0. The summed E-state index contributed by atoms with van der Waals surface area (Å²) in [5.74, 6) is 4.24. The first-order valence-electron chi connectivity index (χ1n) is 14.6. The van der Waals surface area contributed by atoms with Crippen LogP contribution in [-0.4, -0.2) is 33.1 Å². The second-order valence-electron chi connectivity index (χ2n) is 13.0. The Balaban J connectivity index is 0.00000149. The molecule has 0 aliphatic heterocycles. The van der Waals surface area contributed by atoms with Crippen LogP contribution >= 0.6 is 0 Å². The highest BCUT2D eigenvalue weighted by atomic mass is 16.3. The molecule has 4 saturated carbocycles. The van der Waals surface area contributed by atoms with Crippen LogP contribution in [0.5, 0.6) is 0 Å². The van der Waals surface area contributed by atoms with Crippen LogP contribution in [-0.2, 0) is 0 Å². The van der Waals surface area contributed by atoms with Gasteiger partial charge in [0.15, 0.2) is 0 Å². The van der Waals surface area contributed by atoms with Crippen molar-refractivity contribution < 1.29 is 15.3 Å². The van der Waals surface area contributed by atoms with Gasteiger partial charge in [0.2, 0.25) is 0 Å². The van der Waals surface area contributed by atoms with Crippen LogP contribution in [0.4, 0.5) is 0 Å². The van der Waals surface area contributed by atoms with E-state index in [0.29, 0.717) is 29.6 Å². The maximum atomic E-state index is 11.6. The lowest BCUT2D eigenvalue weighted by Gasteiger charge is -2.65. The molecule has 0 heterocycles. The Morgan fingerprint density at radius 1 is 0.939 bits per heavy atom. The molecule has 0 aromatic carbocycles. The average molecular weight is 465 g/mol. The van der Waals surface area contributed by atoms with Gasteiger partial charge in [-0.2, -0.15) is 0 Å². The summed E-state index contributed by atoms with van der Waals surface area (Å²) >= 11 is 0. The van der Waals surface area contributed by atoms with Gasteiger partial charge in [-0.05, 0) is 92.3 Å². The zero-order valence-corrected chi connectivity index (χ0v) is 22.9. The standard InChI is InChI=1S/C28H50O3.C2H6/c1-6-19(18(2)3)8-7-9-20-10-11-23-22-16-25(30)28(31)17-21(29)12-15-27(28,5)24(22)13-14-26(20,23)4;1-2/h18-25,29-31H,6-17H2,1-5H3;1-2H3/t19-,20+,21+,22+,23+,24+,25+,26-,27-,28+;/m1./s1. The van der Waals surface area contributed by atoms with Gasteiger partial charge in [-0.1, -0.05) is 67.7 Å². The molecule has 0 aromatic rings. The molecule has 194 valence electrons. The van der Waals surface area contributed by atoms with Crippen molar-refractivity contribution >= 4 is 0 Å². The Kier molecular flexibility index (Phi) is 8.72. The summed E-state index contributed by atoms with van der Waals surface area (Å²) in [6.45, 7) is 15.9. The molecule has 4 rings (SSSR count). The predicted octanol–water partition coefficient (Wildman–Crippen LogP) is 6.97. The molecule has 0 aromatic heterocycles. The lowest BCUT2D eigenvalue weighted by molar-refractivity contribution is -0.264. The van der Waals surface area contributed by atoms with Crippen LogP contribution in [0.1, 0.15) is 126 Å². The largest absolute Gasteiger partial charge is 0.393 e. The molecule has 4 aliphatic rings. The fraction of sp³-hybridized carbons (Fsp3) is 1.00. The van der Waals surface area contributed by atoms with E-state index >= 15 is 0 Å². The molecule has 4 aliphatic carbocycles. The highest BCUT2D eigenvalue weighted by Gasteiger charge is 2.67. The van der Waals surface area contributed by atoms with Crippen molar-refractivity contribution in [1.29, 1.82) is 0 Å². The molecular formula is C30H56O3. The third-order valence-corrected chi connectivity index (χ3v) is 11.6. The van der Waals surface area contributed by atoms with E-state index in [1.807, 2.05) is 13.8 Å². The quantitative estimate of drug-likeness (QED) is 0.398. The minimum absolute atomic E-state index is 0.250. The molecule has 3 N–H and O–H groups in total. The highest BCUT2D eigenvalue weighted by molar-refractivity contribution is 5.16. The van der Waals surface area contributed by atoms with E-state index in [2.05, 4.69) is 34.6 Å². The molecule has 4 fully saturated rings. The van der Waals surface area contributed by atoms with Gasteiger partial charge in [0.05, 0.1) is 17.8 Å². The van der Waals surface area contributed by atoms with Crippen LogP contribution in [0.25, 0.3) is 0 Å². The van der Waals surface area contributed by atoms with Crippen molar-refractivity contribution in [3.8, 4) is 0 Å². The third-order valence-electron chi connectivity index (χ3n) is 11.6. The minimum atomic E-state index is -1.11. The van der Waals surface area contributed by atoms with Gasteiger partial charge in [-0.3, -0.25) is 0 Å². The summed E-state index contributed by atoms with van der Waals surface area (Å²) in [5.41, 5.74) is -0.941. The second kappa shape index (κ2) is 10.5. The van der Waals surface area contributed by atoms with Crippen LogP contribution in [0.2, 0.25) is 0 Å². The van der Waals surface area contributed by atoms with Crippen LogP contribution in [0.3, 0.4) is 0 Å². The molecule has 0 radical (unpaired) electrons. The summed E-state index contributed by atoms with van der Waals surface area (Å²) in [5, 5.41) is 33.1. The van der Waals surface area contributed by atoms with Gasteiger partial charge in [-0.25, -0.2) is 0 Å². The molecule has 3 heteroatoms. The second-order valence-corrected chi connectivity index (χ2v) is 13.0. The maximum Gasteiger partial charge on any atom is 0.0985 e. The average Bonchev–Trinajstić information content (AvgIpc) is 3.11. The first kappa shape index (κ1) is 27.5. The number of aliphatic hydroxyl groups is 3. The lowest BCUT2D eigenvalue weighted by Crippen LogP contribution is -2.68. The monoisotopic (exact) mass is 464 g/mol. The topological polar surface area (TPSA) is 60.7 Å².